The van der Waals surface area contributed by atoms with Crippen molar-refractivity contribution in [1.82, 2.24) is 0 Å². The molecule has 0 aliphatic rings. The molecule has 0 N–H and O–H groups in total. The first-order chi connectivity index (χ1) is 39.0. The van der Waals surface area contributed by atoms with Crippen LogP contribution in [0.25, 0.3) is 0 Å². The fraction of sp³-hybridized carbons (Fsp3) is 0.658. The molecule has 448 valence electrons. The Balaban J connectivity index is 4.47. The summed E-state index contributed by atoms with van der Waals surface area (Å²) in [7, 11) is 0. The molecule has 1 unspecified atom stereocenters. The third-order valence-electron chi connectivity index (χ3n) is 13.7. The van der Waals surface area contributed by atoms with Crippen LogP contribution in [-0.4, -0.2) is 37.2 Å². The number of rotatable bonds is 58. The molecule has 0 aromatic rings. The maximum absolute atomic E-state index is 12.9. The molecule has 0 saturated heterocycles. The zero-order valence-corrected chi connectivity index (χ0v) is 51.3. The summed E-state index contributed by atoms with van der Waals surface area (Å²) in [4.78, 5) is 38.4. The van der Waals surface area contributed by atoms with E-state index < -0.39 is 6.10 Å². The van der Waals surface area contributed by atoms with Gasteiger partial charge in [0.1, 0.15) is 13.2 Å². The van der Waals surface area contributed by atoms with Gasteiger partial charge in [-0.1, -0.05) is 296 Å². The van der Waals surface area contributed by atoms with Gasteiger partial charge in [0.05, 0.1) is 0 Å². The summed E-state index contributed by atoms with van der Waals surface area (Å²) in [6.45, 7) is 6.37. The van der Waals surface area contributed by atoms with Crippen LogP contribution in [0.4, 0.5) is 0 Å². The number of carbonyl (C=O) groups is 3. The van der Waals surface area contributed by atoms with Crippen LogP contribution in [0, 0.1) is 0 Å². The minimum Gasteiger partial charge on any atom is -0.462 e. The molecule has 6 nitrogen and oxygen atoms in total. The smallest absolute Gasteiger partial charge is 0.306 e. The summed E-state index contributed by atoms with van der Waals surface area (Å²) in [5.41, 5.74) is 0. The Morgan fingerprint density at radius 3 is 0.823 bits per heavy atom. The van der Waals surface area contributed by atoms with Crippen molar-refractivity contribution in [2.24, 2.45) is 0 Å². The summed E-state index contributed by atoms with van der Waals surface area (Å²) in [6.07, 6.45) is 93.2. The number of hydrogen-bond acceptors (Lipinski definition) is 6. The van der Waals surface area contributed by atoms with Gasteiger partial charge in [-0.2, -0.15) is 0 Å². The molecule has 0 amide bonds. The van der Waals surface area contributed by atoms with Gasteiger partial charge in [-0.25, -0.2) is 0 Å². The lowest BCUT2D eigenvalue weighted by Gasteiger charge is -2.18. The van der Waals surface area contributed by atoms with Crippen LogP contribution in [0.15, 0.2) is 134 Å². The lowest BCUT2D eigenvalue weighted by Crippen LogP contribution is -2.30. The predicted molar refractivity (Wildman–Crippen MR) is 343 cm³/mol. The van der Waals surface area contributed by atoms with Gasteiger partial charge in [0.2, 0.25) is 0 Å². The average Bonchev–Trinajstić information content (AvgIpc) is 3.45. The highest BCUT2D eigenvalue weighted by Crippen LogP contribution is 2.16. The van der Waals surface area contributed by atoms with Crippen molar-refractivity contribution in [3.8, 4) is 0 Å². The number of carbonyl (C=O) groups excluding carboxylic acids is 3. The minimum atomic E-state index is -0.812. The van der Waals surface area contributed by atoms with E-state index in [0.29, 0.717) is 19.3 Å². The van der Waals surface area contributed by atoms with Crippen molar-refractivity contribution in [2.45, 2.75) is 297 Å². The summed E-state index contributed by atoms with van der Waals surface area (Å²) >= 11 is 0. The molecular formula is C73H120O6. The van der Waals surface area contributed by atoms with Crippen LogP contribution in [0.3, 0.4) is 0 Å². The zero-order valence-electron chi connectivity index (χ0n) is 51.3. The SMILES string of the molecule is CC/C=C\C/C=C\C/C=C\C/C=C\C/C=C\C/C=C\CCCCCCCCC(=O)OCC(COC(=O)CCC/C=C\C/C=C\C/C=C\C/C=C\C/C=C\CC)OC(=O)CCCCCCCCCCCCCCCCCCCCC. The Morgan fingerprint density at radius 2 is 0.506 bits per heavy atom. The third-order valence-corrected chi connectivity index (χ3v) is 13.7. The fourth-order valence-corrected chi connectivity index (χ4v) is 8.84. The predicted octanol–water partition coefficient (Wildman–Crippen LogP) is 22.5. The fourth-order valence-electron chi connectivity index (χ4n) is 8.84. The van der Waals surface area contributed by atoms with Crippen molar-refractivity contribution in [3.63, 3.8) is 0 Å². The van der Waals surface area contributed by atoms with Crippen molar-refractivity contribution in [1.29, 1.82) is 0 Å². The first-order valence-corrected chi connectivity index (χ1v) is 32.7. The number of hydrogen-bond donors (Lipinski definition) is 0. The molecule has 0 heterocycles. The van der Waals surface area contributed by atoms with Crippen molar-refractivity contribution >= 4 is 17.9 Å². The van der Waals surface area contributed by atoms with E-state index in [0.717, 1.165) is 128 Å². The first kappa shape index (κ1) is 74.5. The molecule has 0 aliphatic heterocycles. The molecule has 0 radical (unpaired) electrons. The third kappa shape index (κ3) is 64.3. The topological polar surface area (TPSA) is 78.9 Å². The van der Waals surface area contributed by atoms with E-state index in [1.54, 1.807) is 0 Å². The summed E-state index contributed by atoms with van der Waals surface area (Å²) in [6, 6.07) is 0. The van der Waals surface area contributed by atoms with Crippen LogP contribution in [-0.2, 0) is 28.6 Å². The largest absolute Gasteiger partial charge is 0.462 e. The summed E-state index contributed by atoms with van der Waals surface area (Å²) in [5.74, 6) is -0.972. The maximum atomic E-state index is 12.9. The minimum absolute atomic E-state index is 0.105. The molecule has 1 atom stereocenters. The highest BCUT2D eigenvalue weighted by atomic mass is 16.6. The molecule has 0 bridgehead atoms. The maximum Gasteiger partial charge on any atom is 0.306 e. The summed E-state index contributed by atoms with van der Waals surface area (Å²) in [5, 5.41) is 0. The van der Waals surface area contributed by atoms with E-state index in [2.05, 4.69) is 154 Å². The van der Waals surface area contributed by atoms with Crippen molar-refractivity contribution < 1.29 is 28.6 Å². The monoisotopic (exact) mass is 1090 g/mol. The van der Waals surface area contributed by atoms with E-state index in [9.17, 15) is 14.4 Å². The Kier molecular flexibility index (Phi) is 62.3. The van der Waals surface area contributed by atoms with Crippen molar-refractivity contribution in [3.05, 3.63) is 134 Å². The molecule has 0 fully saturated rings. The normalized spacial score (nSPS) is 13.0. The van der Waals surface area contributed by atoms with Crippen LogP contribution < -0.4 is 0 Å². The van der Waals surface area contributed by atoms with Gasteiger partial charge >= 0.3 is 17.9 Å². The lowest BCUT2D eigenvalue weighted by atomic mass is 10.0. The molecule has 6 heteroatoms. The van der Waals surface area contributed by atoms with Gasteiger partial charge in [-0.3, -0.25) is 14.4 Å². The number of allylic oxidation sites excluding steroid dienone is 22. The van der Waals surface area contributed by atoms with Crippen LogP contribution in [0.1, 0.15) is 290 Å². The molecule has 0 spiro atoms. The van der Waals surface area contributed by atoms with E-state index in [1.165, 1.54) is 116 Å². The number of unbranched alkanes of at least 4 members (excludes halogenated alkanes) is 25. The Hall–Kier alpha value is -4.45. The Morgan fingerprint density at radius 1 is 0.266 bits per heavy atom. The van der Waals surface area contributed by atoms with Gasteiger partial charge in [0.25, 0.3) is 0 Å². The first-order valence-electron chi connectivity index (χ1n) is 32.7. The second-order valence-corrected chi connectivity index (χ2v) is 21.3. The molecule has 0 saturated carbocycles. The second-order valence-electron chi connectivity index (χ2n) is 21.3. The molecule has 0 aromatic heterocycles. The standard InChI is InChI=1S/C73H120O6/c1-4-7-10-13-16-19-22-25-28-31-33-34-35-36-37-38-40-42-45-48-51-54-57-60-63-66-72(75)78-69-70(68-77-71(74)65-62-59-56-53-50-47-44-41-30-27-24-21-18-15-12-9-6-3)79-73(76)67-64-61-58-55-52-49-46-43-39-32-29-26-23-20-17-14-11-8-5-2/h7,9-10,12,16,18-19,21,25,27-28,30,33-34,36-37,40,42,44,47,53,56,70H,4-6,8,11,13-15,17,20,22-24,26,29,31-32,35,38-39,41,43,45-46,48-52,54-55,57-69H2,1-3H3/b10-7-,12-9-,19-16-,21-18-,28-25-,30-27-,34-33-,37-36-,42-40-,47-44-,56-53-. The highest BCUT2D eigenvalue weighted by molar-refractivity contribution is 5.71. The quantitative estimate of drug-likeness (QED) is 0.0261. The second kappa shape index (κ2) is 66.1. The Labute approximate surface area is 487 Å². The Bertz CT molecular complexity index is 1680. The van der Waals surface area contributed by atoms with Gasteiger partial charge < -0.3 is 14.2 Å². The van der Waals surface area contributed by atoms with Crippen LogP contribution in [0.5, 0.6) is 0 Å². The van der Waals surface area contributed by atoms with E-state index in [4.69, 9.17) is 14.2 Å². The van der Waals surface area contributed by atoms with Crippen LogP contribution >= 0.6 is 0 Å². The van der Waals surface area contributed by atoms with E-state index in [1.807, 2.05) is 0 Å². The van der Waals surface area contributed by atoms with Crippen LogP contribution in [0.2, 0.25) is 0 Å². The van der Waals surface area contributed by atoms with E-state index >= 15 is 0 Å². The zero-order chi connectivity index (χ0) is 57.1. The average molecular weight is 1090 g/mol. The van der Waals surface area contributed by atoms with E-state index in [-0.39, 0.29) is 37.5 Å². The summed E-state index contributed by atoms with van der Waals surface area (Å²) < 4.78 is 16.9. The van der Waals surface area contributed by atoms with Crippen molar-refractivity contribution in [2.75, 3.05) is 13.2 Å². The lowest BCUT2D eigenvalue weighted by molar-refractivity contribution is -0.167. The number of esters is 3. The highest BCUT2D eigenvalue weighted by Gasteiger charge is 2.19. The number of ether oxygens (including phenoxy) is 3. The molecule has 0 aliphatic carbocycles. The molecule has 0 aromatic carbocycles. The van der Waals surface area contributed by atoms with Gasteiger partial charge in [0.15, 0.2) is 6.10 Å². The van der Waals surface area contributed by atoms with Gasteiger partial charge in [-0.15, -0.1) is 0 Å². The molecular weight excluding hydrogens is 973 g/mol. The van der Waals surface area contributed by atoms with Gasteiger partial charge in [-0.05, 0) is 109 Å². The van der Waals surface area contributed by atoms with Gasteiger partial charge in [0, 0.05) is 19.3 Å². The molecule has 79 heavy (non-hydrogen) atoms. The molecule has 0 rings (SSSR count).